The normalized spacial score (nSPS) is 11.2. The number of amides is 2. The first kappa shape index (κ1) is 21.7. The van der Waals surface area contributed by atoms with Crippen molar-refractivity contribution in [3.05, 3.63) is 52.2 Å². The van der Waals surface area contributed by atoms with Crippen LogP contribution in [-0.4, -0.2) is 43.9 Å². The summed E-state index contributed by atoms with van der Waals surface area (Å²) in [6.45, 7) is 1.37. The van der Waals surface area contributed by atoms with Crippen LogP contribution in [0.3, 0.4) is 0 Å². The van der Waals surface area contributed by atoms with Crippen LogP contribution < -0.4 is 10.9 Å². The molecule has 2 aromatic rings. The smallest absolute Gasteiger partial charge is 0.253 e. The number of carbonyl (C=O) groups is 3. The Balaban J connectivity index is 1.78. The van der Waals surface area contributed by atoms with Gasteiger partial charge in [0, 0.05) is 19.9 Å². The molecular weight excluding hydrogens is 402 g/mol. The van der Waals surface area contributed by atoms with Gasteiger partial charge in [-0.05, 0) is 30.5 Å². The van der Waals surface area contributed by atoms with Gasteiger partial charge in [-0.1, -0.05) is 23.8 Å². The van der Waals surface area contributed by atoms with Gasteiger partial charge < -0.3 is 0 Å². The molecule has 150 valence electrons. The third-order valence-electron chi connectivity index (χ3n) is 3.81. The first-order chi connectivity index (χ1) is 13.2. The van der Waals surface area contributed by atoms with Crippen molar-refractivity contribution in [2.75, 3.05) is 13.6 Å². The van der Waals surface area contributed by atoms with Crippen LogP contribution in [0, 0.1) is 6.92 Å². The predicted molar refractivity (Wildman–Crippen MR) is 105 cm³/mol. The fourth-order valence-corrected chi connectivity index (χ4v) is 4.03. The highest BCUT2D eigenvalue weighted by Gasteiger charge is 2.23. The third kappa shape index (κ3) is 5.98. The van der Waals surface area contributed by atoms with Crippen LogP contribution in [-0.2, 0) is 19.6 Å². The molecule has 2 amide bonds. The van der Waals surface area contributed by atoms with Gasteiger partial charge in [-0.15, -0.1) is 11.3 Å². The number of ketones is 1. The molecule has 0 unspecified atom stereocenters. The maximum atomic E-state index is 12.4. The number of thiophene rings is 1. The lowest BCUT2D eigenvalue weighted by Gasteiger charge is -2.17. The van der Waals surface area contributed by atoms with E-state index in [9.17, 15) is 22.8 Å². The number of nitrogens with zero attached hydrogens (tertiary/aromatic N) is 1. The largest absolute Gasteiger partial charge is 0.293 e. The molecule has 0 bridgehead atoms. The summed E-state index contributed by atoms with van der Waals surface area (Å²) in [6, 6.07) is 9.68. The highest BCUT2D eigenvalue weighted by molar-refractivity contribution is 7.89. The minimum Gasteiger partial charge on any atom is -0.293 e. The van der Waals surface area contributed by atoms with E-state index in [0.29, 0.717) is 4.88 Å². The number of hydrogen-bond donors (Lipinski definition) is 2. The number of likely N-dealkylation sites (N-methyl/N-ethyl adjacent to an activating group) is 1. The Morgan fingerprint density at radius 1 is 1.00 bits per heavy atom. The topological polar surface area (TPSA) is 113 Å². The number of benzene rings is 1. The van der Waals surface area contributed by atoms with E-state index in [4.69, 9.17) is 0 Å². The van der Waals surface area contributed by atoms with Crippen molar-refractivity contribution in [2.24, 2.45) is 0 Å². The number of carbonyl (C=O) groups excluding carboxylic acids is 3. The zero-order valence-corrected chi connectivity index (χ0v) is 17.1. The maximum Gasteiger partial charge on any atom is 0.253 e. The Hall–Kier alpha value is -2.56. The Kier molecular flexibility index (Phi) is 7.44. The van der Waals surface area contributed by atoms with E-state index in [0.717, 1.165) is 9.87 Å². The summed E-state index contributed by atoms with van der Waals surface area (Å²) in [7, 11) is -2.55. The van der Waals surface area contributed by atoms with Crippen molar-refractivity contribution in [2.45, 2.75) is 24.7 Å². The molecule has 1 heterocycles. The maximum absolute atomic E-state index is 12.4. The van der Waals surface area contributed by atoms with Crippen molar-refractivity contribution in [3.8, 4) is 0 Å². The van der Waals surface area contributed by atoms with Gasteiger partial charge in [0.2, 0.25) is 15.9 Å². The number of hydrogen-bond acceptors (Lipinski definition) is 6. The number of Topliss-reactive ketones (excluding diaryl/α,β-unsaturated/α-hetero) is 1. The molecule has 0 aliphatic carbocycles. The summed E-state index contributed by atoms with van der Waals surface area (Å²) >= 11 is 1.30. The lowest BCUT2D eigenvalue weighted by molar-refractivity contribution is -0.128. The Morgan fingerprint density at radius 2 is 1.64 bits per heavy atom. The number of hydrazine groups is 1. The second-order valence-electron chi connectivity index (χ2n) is 6.07. The molecule has 0 fully saturated rings. The molecule has 0 aliphatic heterocycles. The number of rotatable bonds is 8. The molecule has 10 heteroatoms. The van der Waals surface area contributed by atoms with E-state index >= 15 is 0 Å². The molecule has 1 aromatic heterocycles. The quantitative estimate of drug-likeness (QED) is 0.493. The van der Waals surface area contributed by atoms with Crippen molar-refractivity contribution < 1.29 is 22.8 Å². The van der Waals surface area contributed by atoms with E-state index in [-0.39, 0.29) is 23.5 Å². The van der Waals surface area contributed by atoms with E-state index in [1.54, 1.807) is 29.6 Å². The van der Waals surface area contributed by atoms with Crippen LogP contribution in [0.5, 0.6) is 0 Å². The van der Waals surface area contributed by atoms with Gasteiger partial charge in [-0.3, -0.25) is 25.2 Å². The standard InChI is InChI=1S/C18H21N3O5S2/c1-13-5-7-14(8-6-13)28(25,26)21(2)12-18(24)20-19-17(23)10-9-15(22)16-4-3-11-27-16/h3-8,11H,9-10,12H2,1-2H3,(H,19,23)(H,20,24). The molecule has 0 saturated carbocycles. The zero-order valence-electron chi connectivity index (χ0n) is 15.5. The fourth-order valence-electron chi connectivity index (χ4n) is 2.21. The van der Waals surface area contributed by atoms with Crippen molar-refractivity contribution in [1.29, 1.82) is 0 Å². The van der Waals surface area contributed by atoms with Crippen LogP contribution in [0.15, 0.2) is 46.7 Å². The van der Waals surface area contributed by atoms with Crippen LogP contribution in [0.2, 0.25) is 0 Å². The molecule has 0 radical (unpaired) electrons. The summed E-state index contributed by atoms with van der Waals surface area (Å²) in [5, 5.41) is 1.77. The molecule has 0 saturated heterocycles. The zero-order chi connectivity index (χ0) is 20.7. The molecular formula is C18H21N3O5S2. The lowest BCUT2D eigenvalue weighted by Crippen LogP contribution is -2.46. The summed E-state index contributed by atoms with van der Waals surface area (Å²) in [5.74, 6) is -1.39. The molecule has 2 rings (SSSR count). The monoisotopic (exact) mass is 423 g/mol. The SMILES string of the molecule is Cc1ccc(S(=O)(=O)N(C)CC(=O)NNC(=O)CCC(=O)c2cccs2)cc1. The van der Waals surface area contributed by atoms with Crippen LogP contribution >= 0.6 is 11.3 Å². The second-order valence-corrected chi connectivity index (χ2v) is 9.06. The van der Waals surface area contributed by atoms with E-state index < -0.39 is 28.4 Å². The minimum absolute atomic E-state index is 0.0178. The molecule has 0 aliphatic rings. The van der Waals surface area contributed by atoms with Crippen LogP contribution in [0.1, 0.15) is 28.1 Å². The van der Waals surface area contributed by atoms with Crippen LogP contribution in [0.25, 0.3) is 0 Å². The van der Waals surface area contributed by atoms with E-state index in [2.05, 4.69) is 10.9 Å². The third-order valence-corrected chi connectivity index (χ3v) is 6.54. The van der Waals surface area contributed by atoms with Gasteiger partial charge in [0.15, 0.2) is 5.78 Å². The average Bonchev–Trinajstić information content (AvgIpc) is 3.19. The van der Waals surface area contributed by atoms with Crippen molar-refractivity contribution in [3.63, 3.8) is 0 Å². The van der Waals surface area contributed by atoms with Gasteiger partial charge in [0.1, 0.15) is 0 Å². The van der Waals surface area contributed by atoms with E-state index in [1.807, 2.05) is 6.92 Å². The molecule has 0 atom stereocenters. The van der Waals surface area contributed by atoms with Gasteiger partial charge in [0.05, 0.1) is 16.3 Å². The second kappa shape index (κ2) is 9.58. The number of aryl methyl sites for hydroxylation is 1. The molecule has 28 heavy (non-hydrogen) atoms. The van der Waals surface area contributed by atoms with Crippen molar-refractivity contribution >= 4 is 39.0 Å². The van der Waals surface area contributed by atoms with Gasteiger partial charge in [-0.25, -0.2) is 8.42 Å². The first-order valence-corrected chi connectivity index (χ1v) is 10.7. The summed E-state index contributed by atoms with van der Waals surface area (Å²) in [5.41, 5.74) is 5.25. The van der Waals surface area contributed by atoms with Gasteiger partial charge >= 0.3 is 0 Å². The summed E-state index contributed by atoms with van der Waals surface area (Å²) < 4.78 is 25.7. The Bertz CT molecular complexity index is 938. The lowest BCUT2D eigenvalue weighted by atomic mass is 10.2. The fraction of sp³-hybridized carbons (Fsp3) is 0.278. The first-order valence-electron chi connectivity index (χ1n) is 8.37. The van der Waals surface area contributed by atoms with Gasteiger partial charge in [0.25, 0.3) is 5.91 Å². The van der Waals surface area contributed by atoms with Crippen molar-refractivity contribution in [1.82, 2.24) is 15.2 Å². The molecule has 8 nitrogen and oxygen atoms in total. The molecule has 2 N–H and O–H groups in total. The Labute approximate surface area is 167 Å². The van der Waals surface area contributed by atoms with E-state index in [1.165, 1.54) is 30.5 Å². The van der Waals surface area contributed by atoms with Gasteiger partial charge in [-0.2, -0.15) is 4.31 Å². The molecule has 0 spiro atoms. The summed E-state index contributed by atoms with van der Waals surface area (Å²) in [4.78, 5) is 36.1. The number of sulfonamides is 1. The summed E-state index contributed by atoms with van der Waals surface area (Å²) in [6.07, 6.45) is -0.0710. The highest BCUT2D eigenvalue weighted by Crippen LogP contribution is 2.14. The molecule has 1 aromatic carbocycles. The average molecular weight is 424 g/mol. The Morgan fingerprint density at radius 3 is 2.25 bits per heavy atom. The minimum atomic E-state index is -3.82. The predicted octanol–water partition coefficient (Wildman–Crippen LogP) is 1.49. The highest BCUT2D eigenvalue weighted by atomic mass is 32.2. The van der Waals surface area contributed by atoms with Crippen LogP contribution in [0.4, 0.5) is 0 Å². The number of nitrogens with one attached hydrogen (secondary N) is 2.